The van der Waals surface area contributed by atoms with Crippen molar-refractivity contribution in [2.75, 3.05) is 56.0 Å². The Morgan fingerprint density at radius 2 is 1.92 bits per heavy atom. The monoisotopic (exact) mass is 340 g/mol. The molecule has 1 atom stereocenters. The van der Waals surface area contributed by atoms with Gasteiger partial charge in [0, 0.05) is 57.2 Å². The van der Waals surface area contributed by atoms with Gasteiger partial charge in [-0.05, 0) is 31.9 Å². The second-order valence-electron chi connectivity index (χ2n) is 7.19. The first-order valence-electron chi connectivity index (χ1n) is 9.49. The van der Waals surface area contributed by atoms with E-state index in [0.717, 1.165) is 62.5 Å². The zero-order valence-corrected chi connectivity index (χ0v) is 15.0. The van der Waals surface area contributed by atoms with E-state index in [1.807, 2.05) is 0 Å². The second-order valence-corrected chi connectivity index (χ2v) is 7.19. The van der Waals surface area contributed by atoms with Gasteiger partial charge in [0.25, 0.3) is 0 Å². The minimum atomic E-state index is 0.353. The third-order valence-electron chi connectivity index (χ3n) is 5.22. The molecule has 6 nitrogen and oxygen atoms in total. The molecule has 1 aromatic carbocycles. The van der Waals surface area contributed by atoms with Crippen LogP contribution >= 0.6 is 0 Å². The Morgan fingerprint density at radius 3 is 2.72 bits per heavy atom. The van der Waals surface area contributed by atoms with E-state index in [2.05, 4.69) is 55.5 Å². The summed E-state index contributed by atoms with van der Waals surface area (Å²) in [5, 5.41) is 8.15. The molecule has 25 heavy (non-hydrogen) atoms. The molecule has 2 aliphatic rings. The number of fused-ring (bicyclic) bond motifs is 1. The molecule has 0 aliphatic carbocycles. The minimum Gasteiger partial charge on any atom is -0.370 e. The van der Waals surface area contributed by atoms with E-state index in [-0.39, 0.29) is 0 Å². The smallest absolute Gasteiger partial charge is 0.137 e. The Hall–Kier alpha value is -1.92. The summed E-state index contributed by atoms with van der Waals surface area (Å²) in [5.41, 5.74) is 2.31. The first-order valence-corrected chi connectivity index (χ1v) is 9.49. The fraction of sp³-hybridized carbons (Fsp3) is 0.579. The first kappa shape index (κ1) is 16.5. The lowest BCUT2D eigenvalue weighted by Crippen LogP contribution is -2.47. The Morgan fingerprint density at radius 1 is 1.12 bits per heavy atom. The van der Waals surface area contributed by atoms with Crippen molar-refractivity contribution in [1.29, 1.82) is 0 Å². The van der Waals surface area contributed by atoms with E-state index in [9.17, 15) is 0 Å². The number of hydrogen-bond acceptors (Lipinski definition) is 6. The average molecular weight is 340 g/mol. The average Bonchev–Trinajstić information content (AvgIpc) is 3.17. The van der Waals surface area contributed by atoms with E-state index in [1.54, 1.807) is 6.33 Å². The van der Waals surface area contributed by atoms with Gasteiger partial charge in [-0.2, -0.15) is 0 Å². The molecular formula is C19H28N6. The molecule has 1 aromatic heterocycles. The van der Waals surface area contributed by atoms with Crippen molar-refractivity contribution in [3.63, 3.8) is 0 Å². The molecule has 6 heteroatoms. The van der Waals surface area contributed by atoms with Crippen LogP contribution in [0.5, 0.6) is 0 Å². The molecule has 0 amide bonds. The van der Waals surface area contributed by atoms with Gasteiger partial charge in [-0.15, -0.1) is 0 Å². The number of benzene rings is 1. The van der Waals surface area contributed by atoms with E-state index >= 15 is 0 Å². The van der Waals surface area contributed by atoms with Crippen molar-refractivity contribution >= 4 is 22.4 Å². The number of piperazine rings is 1. The molecule has 3 heterocycles. The quantitative estimate of drug-likeness (QED) is 0.867. The number of hydrogen-bond donors (Lipinski definition) is 2. The maximum absolute atomic E-state index is 4.60. The third kappa shape index (κ3) is 3.70. The Balaban J connectivity index is 1.54. The number of anilines is 2. The van der Waals surface area contributed by atoms with Gasteiger partial charge in [-0.1, -0.05) is 6.07 Å². The van der Waals surface area contributed by atoms with Crippen LogP contribution in [-0.2, 0) is 0 Å². The highest BCUT2D eigenvalue weighted by Gasteiger charge is 2.18. The molecular weight excluding hydrogens is 312 g/mol. The van der Waals surface area contributed by atoms with E-state index in [1.165, 1.54) is 18.5 Å². The SMILES string of the molecule is CC(CN1CCNCC1)Nc1ncnc2c(N3CCCC3)cccc12. The number of nitrogens with zero attached hydrogens (tertiary/aromatic N) is 4. The maximum Gasteiger partial charge on any atom is 0.137 e. The van der Waals surface area contributed by atoms with E-state index in [0.29, 0.717) is 6.04 Å². The van der Waals surface area contributed by atoms with Crippen LogP contribution in [0, 0.1) is 0 Å². The lowest BCUT2D eigenvalue weighted by atomic mass is 10.1. The van der Waals surface area contributed by atoms with Crippen molar-refractivity contribution < 1.29 is 0 Å². The van der Waals surface area contributed by atoms with Crippen LogP contribution in [0.15, 0.2) is 24.5 Å². The fourth-order valence-electron chi connectivity index (χ4n) is 3.96. The van der Waals surface area contributed by atoms with Crippen LogP contribution < -0.4 is 15.5 Å². The summed E-state index contributed by atoms with van der Waals surface area (Å²) < 4.78 is 0. The maximum atomic E-state index is 4.60. The second kappa shape index (κ2) is 7.54. The van der Waals surface area contributed by atoms with Crippen molar-refractivity contribution in [3.05, 3.63) is 24.5 Å². The van der Waals surface area contributed by atoms with Crippen molar-refractivity contribution in [1.82, 2.24) is 20.2 Å². The highest BCUT2D eigenvalue weighted by atomic mass is 15.2. The van der Waals surface area contributed by atoms with Crippen molar-refractivity contribution in [2.45, 2.75) is 25.8 Å². The molecule has 4 rings (SSSR count). The molecule has 0 spiro atoms. The van der Waals surface area contributed by atoms with Gasteiger partial charge < -0.3 is 15.5 Å². The topological polar surface area (TPSA) is 56.3 Å². The first-order chi connectivity index (χ1) is 12.3. The van der Waals surface area contributed by atoms with Gasteiger partial charge in [0.15, 0.2) is 0 Å². The summed E-state index contributed by atoms with van der Waals surface area (Å²) in [6.07, 6.45) is 4.24. The number of aromatic nitrogens is 2. The Kier molecular flexibility index (Phi) is 4.99. The molecule has 2 aromatic rings. The Bertz CT molecular complexity index is 706. The van der Waals surface area contributed by atoms with Crippen LogP contribution in [0.3, 0.4) is 0 Å². The summed E-state index contributed by atoms with van der Waals surface area (Å²) in [5.74, 6) is 0.952. The minimum absolute atomic E-state index is 0.353. The molecule has 1 unspecified atom stereocenters. The third-order valence-corrected chi connectivity index (χ3v) is 5.22. The van der Waals surface area contributed by atoms with Crippen molar-refractivity contribution in [3.8, 4) is 0 Å². The van der Waals surface area contributed by atoms with Crippen molar-refractivity contribution in [2.24, 2.45) is 0 Å². The van der Waals surface area contributed by atoms with Gasteiger partial charge in [-0.3, -0.25) is 4.90 Å². The zero-order valence-electron chi connectivity index (χ0n) is 15.0. The van der Waals surface area contributed by atoms with Crippen LogP contribution in [0.1, 0.15) is 19.8 Å². The molecule has 2 fully saturated rings. The highest BCUT2D eigenvalue weighted by molar-refractivity contribution is 5.97. The standard InChI is InChI=1S/C19H28N6/c1-15(13-24-11-7-20-8-12-24)23-19-16-5-4-6-17(18(16)21-14-22-19)25-9-2-3-10-25/h4-6,14-15,20H,2-3,7-13H2,1H3,(H,21,22,23). The largest absolute Gasteiger partial charge is 0.370 e. The molecule has 2 saturated heterocycles. The Labute approximate surface area is 149 Å². The summed E-state index contributed by atoms with van der Waals surface area (Å²) in [6.45, 7) is 9.95. The lowest BCUT2D eigenvalue weighted by molar-refractivity contribution is 0.235. The zero-order chi connectivity index (χ0) is 17.1. The molecule has 2 N–H and O–H groups in total. The normalized spacial score (nSPS) is 20.1. The number of rotatable bonds is 5. The molecule has 0 radical (unpaired) electrons. The summed E-state index contributed by atoms with van der Waals surface area (Å²) in [6, 6.07) is 6.81. The molecule has 0 bridgehead atoms. The number of nitrogens with one attached hydrogen (secondary N) is 2. The van der Waals surface area contributed by atoms with Gasteiger partial charge >= 0.3 is 0 Å². The molecule has 134 valence electrons. The molecule has 0 saturated carbocycles. The van der Waals surface area contributed by atoms with Gasteiger partial charge in [0.2, 0.25) is 0 Å². The van der Waals surface area contributed by atoms with Crippen LogP contribution in [0.25, 0.3) is 10.9 Å². The van der Waals surface area contributed by atoms with Crippen LogP contribution in [-0.4, -0.2) is 66.7 Å². The number of para-hydroxylation sites is 1. The lowest BCUT2D eigenvalue weighted by Gasteiger charge is -2.30. The van der Waals surface area contributed by atoms with Gasteiger partial charge in [-0.25, -0.2) is 9.97 Å². The predicted octanol–water partition coefficient (Wildman–Crippen LogP) is 1.94. The summed E-state index contributed by atoms with van der Waals surface area (Å²) in [7, 11) is 0. The summed E-state index contributed by atoms with van der Waals surface area (Å²) in [4.78, 5) is 14.1. The van der Waals surface area contributed by atoms with Crippen LogP contribution in [0.2, 0.25) is 0 Å². The fourth-order valence-corrected chi connectivity index (χ4v) is 3.96. The highest BCUT2D eigenvalue weighted by Crippen LogP contribution is 2.30. The van der Waals surface area contributed by atoms with Gasteiger partial charge in [0.05, 0.1) is 11.2 Å². The molecule has 2 aliphatic heterocycles. The van der Waals surface area contributed by atoms with Gasteiger partial charge in [0.1, 0.15) is 12.1 Å². The van der Waals surface area contributed by atoms with E-state index < -0.39 is 0 Å². The van der Waals surface area contributed by atoms with E-state index in [4.69, 9.17) is 0 Å². The predicted molar refractivity (Wildman–Crippen MR) is 103 cm³/mol. The van der Waals surface area contributed by atoms with Crippen LogP contribution in [0.4, 0.5) is 11.5 Å². The summed E-state index contributed by atoms with van der Waals surface area (Å²) >= 11 is 0.